The number of carbonyl (C=O) groups is 1. The van der Waals surface area contributed by atoms with E-state index in [2.05, 4.69) is 15.4 Å². The number of rotatable bonds is 7. The SMILES string of the molecule is COc1ccc(CO[C@@H]2CCC[C@H]2NC(=O)c2cc(-c3cnn(C)c3)cnc2N)cc1. The van der Waals surface area contributed by atoms with E-state index in [1.165, 1.54) is 0 Å². The fourth-order valence-corrected chi connectivity index (χ4v) is 3.85. The lowest BCUT2D eigenvalue weighted by molar-refractivity contribution is 0.0272. The first-order chi connectivity index (χ1) is 15.0. The fraction of sp³-hybridized carbons (Fsp3) is 0.348. The molecule has 1 amide bonds. The molecule has 31 heavy (non-hydrogen) atoms. The van der Waals surface area contributed by atoms with Gasteiger partial charge in [0.1, 0.15) is 11.6 Å². The van der Waals surface area contributed by atoms with Crippen LogP contribution in [0.4, 0.5) is 5.82 Å². The number of nitrogens with two attached hydrogens (primary N) is 1. The van der Waals surface area contributed by atoms with Crippen molar-refractivity contribution >= 4 is 11.7 Å². The topological polar surface area (TPSA) is 104 Å². The molecule has 0 radical (unpaired) electrons. The normalized spacial score (nSPS) is 18.1. The highest BCUT2D eigenvalue weighted by Gasteiger charge is 2.30. The van der Waals surface area contributed by atoms with Crippen LogP contribution in [0.5, 0.6) is 5.75 Å². The van der Waals surface area contributed by atoms with E-state index in [4.69, 9.17) is 15.2 Å². The second kappa shape index (κ2) is 9.18. The number of ether oxygens (including phenoxy) is 2. The highest BCUT2D eigenvalue weighted by molar-refractivity contribution is 5.99. The van der Waals surface area contributed by atoms with Crippen molar-refractivity contribution in [1.82, 2.24) is 20.1 Å². The molecule has 1 aliphatic rings. The number of nitrogens with zero attached hydrogens (tertiary/aromatic N) is 3. The van der Waals surface area contributed by atoms with Gasteiger partial charge in [0.15, 0.2) is 0 Å². The van der Waals surface area contributed by atoms with E-state index in [0.29, 0.717) is 12.2 Å². The second-order valence-electron chi connectivity index (χ2n) is 7.77. The lowest BCUT2D eigenvalue weighted by Gasteiger charge is -2.22. The summed E-state index contributed by atoms with van der Waals surface area (Å²) in [5.41, 5.74) is 9.11. The number of carbonyl (C=O) groups excluding carboxylic acids is 1. The Hall–Kier alpha value is -3.39. The zero-order valence-corrected chi connectivity index (χ0v) is 17.7. The Morgan fingerprint density at radius 3 is 2.74 bits per heavy atom. The molecule has 3 aromatic rings. The Kier molecular flexibility index (Phi) is 6.18. The van der Waals surface area contributed by atoms with Crippen LogP contribution in [0.2, 0.25) is 0 Å². The van der Waals surface area contributed by atoms with Gasteiger partial charge in [-0.25, -0.2) is 4.98 Å². The number of aryl methyl sites for hydroxylation is 1. The van der Waals surface area contributed by atoms with Crippen LogP contribution in [0.1, 0.15) is 35.2 Å². The Labute approximate surface area is 181 Å². The molecule has 1 aliphatic carbocycles. The molecule has 0 bridgehead atoms. The first kappa shape index (κ1) is 20.9. The Morgan fingerprint density at radius 1 is 1.23 bits per heavy atom. The summed E-state index contributed by atoms with van der Waals surface area (Å²) >= 11 is 0. The van der Waals surface area contributed by atoms with Crippen molar-refractivity contribution in [2.45, 2.75) is 38.0 Å². The van der Waals surface area contributed by atoms with Crippen LogP contribution < -0.4 is 15.8 Å². The minimum Gasteiger partial charge on any atom is -0.497 e. The van der Waals surface area contributed by atoms with Gasteiger partial charge in [-0.05, 0) is 43.0 Å². The summed E-state index contributed by atoms with van der Waals surface area (Å²) in [7, 11) is 3.49. The van der Waals surface area contributed by atoms with Crippen molar-refractivity contribution in [3.05, 3.63) is 60.0 Å². The summed E-state index contributed by atoms with van der Waals surface area (Å²) in [4.78, 5) is 17.2. The number of nitrogens with one attached hydrogen (secondary N) is 1. The molecule has 0 aliphatic heterocycles. The molecule has 1 saturated carbocycles. The average Bonchev–Trinajstić information content (AvgIpc) is 3.41. The van der Waals surface area contributed by atoms with Crippen LogP contribution >= 0.6 is 0 Å². The van der Waals surface area contributed by atoms with E-state index in [0.717, 1.165) is 41.7 Å². The van der Waals surface area contributed by atoms with E-state index in [1.54, 1.807) is 30.3 Å². The Morgan fingerprint density at radius 2 is 2.03 bits per heavy atom. The van der Waals surface area contributed by atoms with Crippen LogP contribution in [-0.2, 0) is 18.4 Å². The summed E-state index contributed by atoms with van der Waals surface area (Å²) in [6.07, 6.45) is 7.99. The smallest absolute Gasteiger partial charge is 0.255 e. The van der Waals surface area contributed by atoms with Gasteiger partial charge in [0, 0.05) is 30.6 Å². The molecule has 8 nitrogen and oxygen atoms in total. The number of hydrogen-bond acceptors (Lipinski definition) is 6. The van der Waals surface area contributed by atoms with Gasteiger partial charge in [-0.3, -0.25) is 9.48 Å². The van der Waals surface area contributed by atoms with E-state index in [-0.39, 0.29) is 23.9 Å². The number of methoxy groups -OCH3 is 1. The summed E-state index contributed by atoms with van der Waals surface area (Å²) < 4.78 is 13.0. The fourth-order valence-electron chi connectivity index (χ4n) is 3.85. The summed E-state index contributed by atoms with van der Waals surface area (Å²) in [6.45, 7) is 0.487. The van der Waals surface area contributed by atoms with Crippen molar-refractivity contribution in [3.8, 4) is 16.9 Å². The molecular weight excluding hydrogens is 394 g/mol. The number of aromatic nitrogens is 3. The van der Waals surface area contributed by atoms with E-state index < -0.39 is 0 Å². The number of pyridine rings is 1. The van der Waals surface area contributed by atoms with Gasteiger partial charge in [0.05, 0.1) is 37.6 Å². The maximum absolute atomic E-state index is 13.0. The maximum Gasteiger partial charge on any atom is 0.255 e. The highest BCUT2D eigenvalue weighted by Crippen LogP contribution is 2.26. The number of hydrogen-bond donors (Lipinski definition) is 2. The van der Waals surface area contributed by atoms with Crippen molar-refractivity contribution in [1.29, 1.82) is 0 Å². The standard InChI is InChI=1S/C23H27N5O3/c1-28-13-17(12-26-28)16-10-19(22(24)25-11-16)23(29)27-20-4-3-5-21(20)31-14-15-6-8-18(30-2)9-7-15/h6-13,20-21H,3-5,14H2,1-2H3,(H2,24,25)(H,27,29)/t20-,21-/m1/s1. The van der Waals surface area contributed by atoms with Gasteiger partial charge in [-0.1, -0.05) is 12.1 Å². The minimum absolute atomic E-state index is 0.0401. The molecule has 4 rings (SSSR count). The van der Waals surface area contributed by atoms with Gasteiger partial charge in [-0.15, -0.1) is 0 Å². The lowest BCUT2D eigenvalue weighted by Crippen LogP contribution is -2.41. The van der Waals surface area contributed by atoms with E-state index >= 15 is 0 Å². The van der Waals surface area contributed by atoms with Crippen LogP contribution in [0.3, 0.4) is 0 Å². The molecule has 2 aromatic heterocycles. The van der Waals surface area contributed by atoms with E-state index in [9.17, 15) is 4.79 Å². The zero-order chi connectivity index (χ0) is 21.8. The zero-order valence-electron chi connectivity index (χ0n) is 17.7. The first-order valence-electron chi connectivity index (χ1n) is 10.3. The maximum atomic E-state index is 13.0. The monoisotopic (exact) mass is 421 g/mol. The molecule has 162 valence electrons. The third kappa shape index (κ3) is 4.86. The number of amides is 1. The molecule has 8 heteroatoms. The number of anilines is 1. The summed E-state index contributed by atoms with van der Waals surface area (Å²) in [5, 5.41) is 7.27. The molecule has 1 fully saturated rings. The van der Waals surface area contributed by atoms with Gasteiger partial charge in [-0.2, -0.15) is 5.10 Å². The average molecular weight is 422 g/mol. The quantitative estimate of drug-likeness (QED) is 0.608. The van der Waals surface area contributed by atoms with E-state index in [1.807, 2.05) is 37.5 Å². The third-order valence-corrected chi connectivity index (χ3v) is 5.59. The molecule has 0 saturated heterocycles. The van der Waals surface area contributed by atoms with Crippen molar-refractivity contribution < 1.29 is 14.3 Å². The molecule has 3 N–H and O–H groups in total. The first-order valence-corrected chi connectivity index (χ1v) is 10.3. The molecule has 0 spiro atoms. The molecule has 1 aromatic carbocycles. The third-order valence-electron chi connectivity index (χ3n) is 5.59. The molecule has 2 atom stereocenters. The molecule has 2 heterocycles. The van der Waals surface area contributed by atoms with Gasteiger partial charge in [0.25, 0.3) is 5.91 Å². The number of nitrogen functional groups attached to an aromatic ring is 1. The molecule has 0 unspecified atom stereocenters. The molecular formula is C23H27N5O3. The van der Waals surface area contributed by atoms with Gasteiger partial charge < -0.3 is 20.5 Å². The Balaban J connectivity index is 1.41. The van der Waals surface area contributed by atoms with Crippen LogP contribution in [0.25, 0.3) is 11.1 Å². The Bertz CT molecular complexity index is 1050. The summed E-state index contributed by atoms with van der Waals surface area (Å²) in [6, 6.07) is 9.49. The van der Waals surface area contributed by atoms with Crippen LogP contribution in [0, 0.1) is 0 Å². The van der Waals surface area contributed by atoms with Crippen LogP contribution in [-0.4, -0.2) is 39.9 Å². The predicted octanol–water partition coefficient (Wildman–Crippen LogP) is 2.94. The van der Waals surface area contributed by atoms with Crippen molar-refractivity contribution in [2.24, 2.45) is 7.05 Å². The number of benzene rings is 1. The highest BCUT2D eigenvalue weighted by atomic mass is 16.5. The van der Waals surface area contributed by atoms with Crippen molar-refractivity contribution in [3.63, 3.8) is 0 Å². The predicted molar refractivity (Wildman–Crippen MR) is 118 cm³/mol. The van der Waals surface area contributed by atoms with Gasteiger partial charge >= 0.3 is 0 Å². The largest absolute Gasteiger partial charge is 0.497 e. The summed E-state index contributed by atoms with van der Waals surface area (Å²) in [5.74, 6) is 0.786. The van der Waals surface area contributed by atoms with Crippen molar-refractivity contribution in [2.75, 3.05) is 12.8 Å². The second-order valence-corrected chi connectivity index (χ2v) is 7.77. The van der Waals surface area contributed by atoms with Crippen LogP contribution in [0.15, 0.2) is 48.9 Å². The van der Waals surface area contributed by atoms with Gasteiger partial charge in [0.2, 0.25) is 0 Å². The lowest BCUT2D eigenvalue weighted by atomic mass is 10.1. The minimum atomic E-state index is -0.235.